The van der Waals surface area contributed by atoms with Crippen molar-refractivity contribution in [1.29, 1.82) is 0 Å². The van der Waals surface area contributed by atoms with E-state index >= 15 is 0 Å². The lowest BCUT2D eigenvalue weighted by Gasteiger charge is -2.18. The van der Waals surface area contributed by atoms with Crippen LogP contribution in [0.1, 0.15) is 15.9 Å². The van der Waals surface area contributed by atoms with Gasteiger partial charge in [-0.05, 0) is 53.4 Å². The number of sulfonamides is 1. The van der Waals surface area contributed by atoms with E-state index in [1.165, 1.54) is 22.7 Å². The third-order valence-electron chi connectivity index (χ3n) is 4.51. The average molecular weight is 430 g/mol. The van der Waals surface area contributed by atoms with Crippen molar-refractivity contribution in [3.8, 4) is 0 Å². The number of hydrogen-bond acceptors (Lipinski definition) is 5. The van der Waals surface area contributed by atoms with Crippen LogP contribution in [0.3, 0.4) is 0 Å². The minimum absolute atomic E-state index is 0.211. The zero-order valence-electron chi connectivity index (χ0n) is 16.5. The number of thiophene rings is 1. The summed E-state index contributed by atoms with van der Waals surface area (Å²) in [5, 5.41) is 4.61. The maximum absolute atomic E-state index is 12.6. The van der Waals surface area contributed by atoms with Gasteiger partial charge >= 0.3 is 0 Å². The molecule has 1 amide bonds. The van der Waals surface area contributed by atoms with Gasteiger partial charge in [0.1, 0.15) is 4.21 Å². The number of benzene rings is 2. The fraction of sp³-hybridized carbons (Fsp3) is 0.190. The summed E-state index contributed by atoms with van der Waals surface area (Å²) in [5.41, 5.74) is 3.06. The van der Waals surface area contributed by atoms with Crippen molar-refractivity contribution in [3.05, 3.63) is 77.2 Å². The SMILES string of the molecule is CN(C)c1ccc(CNC(=O)c2ccc(N(C)S(=O)(=O)c3cccs3)cc2)cc1. The van der Waals surface area contributed by atoms with E-state index in [9.17, 15) is 13.2 Å². The average Bonchev–Trinajstić information content (AvgIpc) is 3.27. The Labute approximate surface area is 175 Å². The van der Waals surface area contributed by atoms with Gasteiger partial charge < -0.3 is 10.2 Å². The van der Waals surface area contributed by atoms with E-state index < -0.39 is 10.0 Å². The highest BCUT2D eigenvalue weighted by Crippen LogP contribution is 2.25. The lowest BCUT2D eigenvalue weighted by atomic mass is 10.1. The normalized spacial score (nSPS) is 11.1. The molecule has 0 saturated carbocycles. The first kappa shape index (κ1) is 20.9. The van der Waals surface area contributed by atoms with Crippen molar-refractivity contribution in [2.75, 3.05) is 30.3 Å². The van der Waals surface area contributed by atoms with Gasteiger partial charge in [-0.25, -0.2) is 8.42 Å². The number of amides is 1. The van der Waals surface area contributed by atoms with Crippen LogP contribution in [-0.2, 0) is 16.6 Å². The number of hydrogen-bond donors (Lipinski definition) is 1. The molecule has 0 fully saturated rings. The molecule has 152 valence electrons. The van der Waals surface area contributed by atoms with E-state index in [1.54, 1.807) is 41.8 Å². The van der Waals surface area contributed by atoms with Crippen LogP contribution < -0.4 is 14.5 Å². The van der Waals surface area contributed by atoms with Gasteiger partial charge in [-0.3, -0.25) is 9.10 Å². The summed E-state index contributed by atoms with van der Waals surface area (Å²) in [6.45, 7) is 0.418. The lowest BCUT2D eigenvalue weighted by molar-refractivity contribution is 0.0951. The summed E-state index contributed by atoms with van der Waals surface area (Å²) in [4.78, 5) is 14.4. The minimum atomic E-state index is -3.59. The molecule has 0 bridgehead atoms. The molecule has 1 heterocycles. The molecule has 29 heavy (non-hydrogen) atoms. The Morgan fingerprint density at radius 2 is 1.55 bits per heavy atom. The number of carbonyl (C=O) groups is 1. The van der Waals surface area contributed by atoms with Crippen molar-refractivity contribution in [1.82, 2.24) is 5.32 Å². The van der Waals surface area contributed by atoms with Crippen molar-refractivity contribution < 1.29 is 13.2 Å². The summed E-state index contributed by atoms with van der Waals surface area (Å²) >= 11 is 1.17. The fourth-order valence-corrected chi connectivity index (χ4v) is 5.06. The monoisotopic (exact) mass is 429 g/mol. The van der Waals surface area contributed by atoms with Crippen LogP contribution in [0.25, 0.3) is 0 Å². The Morgan fingerprint density at radius 1 is 0.931 bits per heavy atom. The second-order valence-corrected chi connectivity index (χ2v) is 9.84. The Hall–Kier alpha value is -2.84. The Morgan fingerprint density at radius 3 is 2.10 bits per heavy atom. The van der Waals surface area contributed by atoms with Crippen LogP contribution in [0.15, 0.2) is 70.3 Å². The number of anilines is 2. The molecule has 0 radical (unpaired) electrons. The third kappa shape index (κ3) is 4.78. The van der Waals surface area contributed by atoms with Gasteiger partial charge in [0.15, 0.2) is 0 Å². The first-order valence-electron chi connectivity index (χ1n) is 8.96. The lowest BCUT2D eigenvalue weighted by Crippen LogP contribution is -2.26. The van der Waals surface area contributed by atoms with Crippen LogP contribution in [0.5, 0.6) is 0 Å². The highest BCUT2D eigenvalue weighted by molar-refractivity contribution is 7.94. The molecule has 0 saturated heterocycles. The van der Waals surface area contributed by atoms with Crippen LogP contribution >= 0.6 is 11.3 Å². The summed E-state index contributed by atoms with van der Waals surface area (Å²) in [6.07, 6.45) is 0. The maximum Gasteiger partial charge on any atom is 0.273 e. The van der Waals surface area contributed by atoms with Crippen LogP contribution in [0, 0.1) is 0 Å². The zero-order valence-corrected chi connectivity index (χ0v) is 18.1. The van der Waals surface area contributed by atoms with Crippen molar-refractivity contribution in [2.24, 2.45) is 0 Å². The maximum atomic E-state index is 12.6. The van der Waals surface area contributed by atoms with Gasteiger partial charge in [-0.15, -0.1) is 11.3 Å². The predicted molar refractivity (Wildman–Crippen MR) is 118 cm³/mol. The van der Waals surface area contributed by atoms with E-state index in [2.05, 4.69) is 5.32 Å². The molecule has 0 unspecified atom stereocenters. The molecule has 0 atom stereocenters. The third-order valence-corrected chi connectivity index (χ3v) is 7.67. The van der Waals surface area contributed by atoms with Crippen LogP contribution in [-0.4, -0.2) is 35.5 Å². The molecule has 3 rings (SSSR count). The molecular formula is C21H23N3O3S2. The molecule has 1 aromatic heterocycles. The van der Waals surface area contributed by atoms with Gasteiger partial charge in [0.05, 0.1) is 5.69 Å². The standard InChI is InChI=1S/C21H23N3O3S2/c1-23(2)18-10-6-16(7-11-18)15-22-21(25)17-8-12-19(13-9-17)24(3)29(26,27)20-5-4-14-28-20/h4-14H,15H2,1-3H3,(H,22,25). The summed E-state index contributed by atoms with van der Waals surface area (Å²) < 4.78 is 26.7. The van der Waals surface area contributed by atoms with Crippen LogP contribution in [0.4, 0.5) is 11.4 Å². The summed E-state index contributed by atoms with van der Waals surface area (Å²) in [5.74, 6) is -0.211. The van der Waals surface area contributed by atoms with E-state index in [0.29, 0.717) is 17.8 Å². The van der Waals surface area contributed by atoms with Gasteiger partial charge in [0, 0.05) is 38.9 Å². The molecule has 0 spiro atoms. The van der Waals surface area contributed by atoms with E-state index in [1.807, 2.05) is 43.3 Å². The number of nitrogens with zero attached hydrogens (tertiary/aromatic N) is 2. The van der Waals surface area contributed by atoms with Crippen molar-refractivity contribution in [2.45, 2.75) is 10.8 Å². The number of carbonyl (C=O) groups excluding carboxylic acids is 1. The number of nitrogens with one attached hydrogen (secondary N) is 1. The van der Waals surface area contributed by atoms with E-state index in [0.717, 1.165) is 11.3 Å². The summed E-state index contributed by atoms with van der Waals surface area (Å²) in [7, 11) is 1.86. The van der Waals surface area contributed by atoms with Crippen LogP contribution in [0.2, 0.25) is 0 Å². The quantitative estimate of drug-likeness (QED) is 0.623. The molecular weight excluding hydrogens is 406 g/mol. The summed E-state index contributed by atoms with van der Waals surface area (Å²) in [6, 6.07) is 17.7. The Kier molecular flexibility index (Phi) is 6.24. The first-order valence-corrected chi connectivity index (χ1v) is 11.3. The molecule has 0 aliphatic heterocycles. The molecule has 1 N–H and O–H groups in total. The van der Waals surface area contributed by atoms with E-state index in [4.69, 9.17) is 0 Å². The molecule has 0 aliphatic carbocycles. The molecule has 6 nitrogen and oxygen atoms in total. The molecule has 2 aromatic carbocycles. The van der Waals surface area contributed by atoms with Gasteiger partial charge in [0.25, 0.3) is 15.9 Å². The molecule has 8 heteroatoms. The zero-order chi connectivity index (χ0) is 21.0. The highest BCUT2D eigenvalue weighted by Gasteiger charge is 2.22. The number of rotatable bonds is 7. The van der Waals surface area contributed by atoms with Gasteiger partial charge in [-0.1, -0.05) is 18.2 Å². The van der Waals surface area contributed by atoms with E-state index in [-0.39, 0.29) is 10.1 Å². The first-order chi connectivity index (χ1) is 13.8. The molecule has 3 aromatic rings. The minimum Gasteiger partial charge on any atom is -0.378 e. The largest absolute Gasteiger partial charge is 0.378 e. The van der Waals surface area contributed by atoms with Gasteiger partial charge in [0.2, 0.25) is 0 Å². The van der Waals surface area contributed by atoms with Gasteiger partial charge in [-0.2, -0.15) is 0 Å². The predicted octanol–water partition coefficient (Wildman–Crippen LogP) is 3.57. The fourth-order valence-electron chi connectivity index (χ4n) is 2.70. The highest BCUT2D eigenvalue weighted by atomic mass is 32.2. The van der Waals surface area contributed by atoms with Crippen molar-refractivity contribution >= 4 is 38.6 Å². The topological polar surface area (TPSA) is 69.7 Å². The second kappa shape index (κ2) is 8.67. The Bertz CT molecular complexity index is 1060. The van der Waals surface area contributed by atoms with Crippen molar-refractivity contribution in [3.63, 3.8) is 0 Å². The molecule has 0 aliphatic rings. The Balaban J connectivity index is 1.64. The smallest absolute Gasteiger partial charge is 0.273 e. The second-order valence-electron chi connectivity index (χ2n) is 6.70.